The van der Waals surface area contributed by atoms with Crippen LogP contribution in [-0.4, -0.2) is 47.0 Å². The summed E-state index contributed by atoms with van der Waals surface area (Å²) in [5.74, 6) is 0.490. The highest BCUT2D eigenvalue weighted by molar-refractivity contribution is 5.69. The molecule has 30 heavy (non-hydrogen) atoms. The number of piperidine rings is 1. The fourth-order valence-electron chi connectivity index (χ4n) is 4.71. The minimum atomic E-state index is -0.839. The van der Waals surface area contributed by atoms with E-state index in [1.165, 1.54) is 5.56 Å². The fraction of sp³-hybridized carbons (Fsp3) is 0.480. The molecule has 1 amide bonds. The molecule has 0 radical (unpaired) electrons. The van der Waals surface area contributed by atoms with Crippen LogP contribution in [0.15, 0.2) is 54.6 Å². The number of morpholine rings is 1. The molecular formula is C25H31NO4. The van der Waals surface area contributed by atoms with E-state index in [1.54, 1.807) is 4.90 Å². The highest BCUT2D eigenvalue weighted by atomic mass is 16.6. The van der Waals surface area contributed by atoms with Gasteiger partial charge in [0.05, 0.1) is 30.9 Å². The predicted octanol–water partition coefficient (Wildman–Crippen LogP) is 4.28. The van der Waals surface area contributed by atoms with Gasteiger partial charge in [0.1, 0.15) is 6.61 Å². The van der Waals surface area contributed by atoms with E-state index in [-0.39, 0.29) is 24.8 Å². The van der Waals surface area contributed by atoms with Crippen LogP contribution in [0.4, 0.5) is 4.79 Å². The van der Waals surface area contributed by atoms with Crippen LogP contribution >= 0.6 is 0 Å². The lowest BCUT2D eigenvalue weighted by Crippen LogP contribution is -2.64. The topological polar surface area (TPSA) is 59.0 Å². The van der Waals surface area contributed by atoms with Crippen molar-refractivity contribution < 1.29 is 19.4 Å². The van der Waals surface area contributed by atoms with Crippen molar-refractivity contribution in [3.05, 3.63) is 71.3 Å². The quantitative estimate of drug-likeness (QED) is 0.801. The molecule has 2 atom stereocenters. The van der Waals surface area contributed by atoms with Crippen LogP contribution in [-0.2, 0) is 22.5 Å². The first-order valence-corrected chi connectivity index (χ1v) is 10.8. The standard InChI is InChI=1S/C25H31NO4/c1-18(2)21-10-8-19(9-11-21)12-25(28)13-22-16-29-17-23(14-25)26(22)24(27)30-15-20-6-4-3-5-7-20/h3-11,18,22-23,28H,12-17H2,1-2H3. The van der Waals surface area contributed by atoms with Gasteiger partial charge in [-0.05, 0) is 35.4 Å². The van der Waals surface area contributed by atoms with Crippen LogP contribution in [0.2, 0.25) is 0 Å². The predicted molar refractivity (Wildman–Crippen MR) is 115 cm³/mol. The lowest BCUT2D eigenvalue weighted by atomic mass is 9.77. The molecule has 0 aromatic heterocycles. The highest BCUT2D eigenvalue weighted by Gasteiger charge is 2.48. The van der Waals surface area contributed by atoms with Gasteiger partial charge < -0.3 is 14.6 Å². The zero-order valence-corrected chi connectivity index (χ0v) is 17.8. The van der Waals surface area contributed by atoms with E-state index in [1.807, 2.05) is 30.3 Å². The second-order valence-corrected chi connectivity index (χ2v) is 9.00. The van der Waals surface area contributed by atoms with Crippen LogP contribution < -0.4 is 0 Å². The zero-order valence-electron chi connectivity index (χ0n) is 17.8. The minimum Gasteiger partial charge on any atom is -0.445 e. The SMILES string of the molecule is CC(C)c1ccc(CC2(O)CC3COCC(C2)N3C(=O)OCc2ccccc2)cc1. The van der Waals surface area contributed by atoms with Gasteiger partial charge in [-0.1, -0.05) is 68.4 Å². The first-order chi connectivity index (χ1) is 14.4. The Morgan fingerprint density at radius 1 is 1.07 bits per heavy atom. The normalized spacial score (nSPS) is 25.9. The molecule has 2 aliphatic rings. The first-order valence-electron chi connectivity index (χ1n) is 10.8. The Balaban J connectivity index is 1.41. The number of hydrogen-bond acceptors (Lipinski definition) is 4. The third-order valence-corrected chi connectivity index (χ3v) is 6.23. The van der Waals surface area contributed by atoms with Gasteiger partial charge in [0.25, 0.3) is 0 Å². The Morgan fingerprint density at radius 3 is 2.30 bits per heavy atom. The van der Waals surface area contributed by atoms with Gasteiger partial charge >= 0.3 is 6.09 Å². The van der Waals surface area contributed by atoms with Crippen molar-refractivity contribution in [3.8, 4) is 0 Å². The summed E-state index contributed by atoms with van der Waals surface area (Å²) in [6, 6.07) is 17.9. The van der Waals surface area contributed by atoms with E-state index >= 15 is 0 Å². The Hall–Kier alpha value is -2.37. The average Bonchev–Trinajstić information content (AvgIpc) is 2.72. The number of amides is 1. The summed E-state index contributed by atoms with van der Waals surface area (Å²) in [6.07, 6.45) is 1.26. The Bertz CT molecular complexity index is 835. The lowest BCUT2D eigenvalue weighted by Gasteiger charge is -2.51. The number of fused-ring (bicyclic) bond motifs is 2. The van der Waals surface area contributed by atoms with Crippen LogP contribution in [0.1, 0.15) is 49.3 Å². The molecule has 2 unspecified atom stereocenters. The van der Waals surface area contributed by atoms with Crippen molar-refractivity contribution >= 4 is 6.09 Å². The second kappa shape index (κ2) is 8.78. The maximum Gasteiger partial charge on any atom is 0.410 e. The molecule has 0 spiro atoms. The van der Waals surface area contributed by atoms with E-state index < -0.39 is 5.60 Å². The van der Waals surface area contributed by atoms with E-state index in [2.05, 4.69) is 38.1 Å². The third kappa shape index (κ3) is 4.68. The molecule has 2 aromatic rings. The monoisotopic (exact) mass is 409 g/mol. The second-order valence-electron chi connectivity index (χ2n) is 9.00. The van der Waals surface area contributed by atoms with Crippen molar-refractivity contribution in [3.63, 3.8) is 0 Å². The molecule has 0 saturated carbocycles. The van der Waals surface area contributed by atoms with Crippen molar-refractivity contribution in [2.45, 2.75) is 63.3 Å². The van der Waals surface area contributed by atoms with Gasteiger partial charge in [-0.25, -0.2) is 4.79 Å². The van der Waals surface area contributed by atoms with Crippen molar-refractivity contribution in [2.75, 3.05) is 13.2 Å². The molecule has 2 fully saturated rings. The van der Waals surface area contributed by atoms with Crippen LogP contribution in [0, 0.1) is 0 Å². The molecule has 4 rings (SSSR count). The minimum absolute atomic E-state index is 0.166. The van der Waals surface area contributed by atoms with Crippen LogP contribution in [0.3, 0.4) is 0 Å². The molecule has 5 heteroatoms. The van der Waals surface area contributed by atoms with E-state index in [4.69, 9.17) is 9.47 Å². The lowest BCUT2D eigenvalue weighted by molar-refractivity contribution is -0.132. The summed E-state index contributed by atoms with van der Waals surface area (Å²) in [4.78, 5) is 14.6. The van der Waals surface area contributed by atoms with Gasteiger partial charge in [-0.3, -0.25) is 4.90 Å². The van der Waals surface area contributed by atoms with Crippen LogP contribution in [0.25, 0.3) is 0 Å². The number of carbonyl (C=O) groups excluding carboxylic acids is 1. The maximum atomic E-state index is 12.8. The van der Waals surface area contributed by atoms with Gasteiger partial charge in [-0.15, -0.1) is 0 Å². The number of benzene rings is 2. The Morgan fingerprint density at radius 2 is 1.70 bits per heavy atom. The molecule has 160 valence electrons. The van der Waals surface area contributed by atoms with Crippen LogP contribution in [0.5, 0.6) is 0 Å². The largest absolute Gasteiger partial charge is 0.445 e. The van der Waals surface area contributed by atoms with Crippen molar-refractivity contribution in [1.82, 2.24) is 4.90 Å². The summed E-state index contributed by atoms with van der Waals surface area (Å²) in [6.45, 7) is 5.48. The summed E-state index contributed by atoms with van der Waals surface area (Å²) >= 11 is 0. The molecule has 2 bridgehead atoms. The van der Waals surface area contributed by atoms with Gasteiger partial charge in [0, 0.05) is 6.42 Å². The number of aliphatic hydroxyl groups is 1. The maximum absolute atomic E-state index is 12.8. The van der Waals surface area contributed by atoms with E-state index in [0.717, 1.165) is 11.1 Å². The van der Waals surface area contributed by atoms with E-state index in [0.29, 0.717) is 38.4 Å². The molecular weight excluding hydrogens is 378 g/mol. The molecule has 0 aliphatic carbocycles. The number of ether oxygens (including phenoxy) is 2. The number of hydrogen-bond donors (Lipinski definition) is 1. The fourth-order valence-corrected chi connectivity index (χ4v) is 4.71. The molecule has 2 aromatic carbocycles. The first kappa shape index (κ1) is 20.9. The molecule has 2 aliphatic heterocycles. The van der Waals surface area contributed by atoms with Crippen molar-refractivity contribution in [1.29, 1.82) is 0 Å². The number of rotatable bonds is 5. The summed E-state index contributed by atoms with van der Waals surface area (Å²) < 4.78 is 11.3. The van der Waals surface area contributed by atoms with Crippen molar-refractivity contribution in [2.24, 2.45) is 0 Å². The number of carbonyl (C=O) groups is 1. The molecule has 5 nitrogen and oxygen atoms in total. The smallest absolute Gasteiger partial charge is 0.410 e. The highest BCUT2D eigenvalue weighted by Crippen LogP contribution is 2.37. The van der Waals surface area contributed by atoms with Gasteiger partial charge in [-0.2, -0.15) is 0 Å². The Kier molecular flexibility index (Phi) is 6.11. The molecule has 1 N–H and O–H groups in total. The van der Waals surface area contributed by atoms with Gasteiger partial charge in [0.15, 0.2) is 0 Å². The average molecular weight is 410 g/mol. The van der Waals surface area contributed by atoms with E-state index in [9.17, 15) is 9.90 Å². The summed E-state index contributed by atoms with van der Waals surface area (Å²) in [5.41, 5.74) is 2.55. The molecule has 2 heterocycles. The number of nitrogens with zero attached hydrogens (tertiary/aromatic N) is 1. The molecule has 2 saturated heterocycles. The Labute approximate surface area is 178 Å². The summed E-state index contributed by atoms with van der Waals surface area (Å²) in [7, 11) is 0. The third-order valence-electron chi connectivity index (χ3n) is 6.23. The zero-order chi connectivity index (χ0) is 21.1. The summed E-state index contributed by atoms with van der Waals surface area (Å²) in [5, 5.41) is 11.4. The van der Waals surface area contributed by atoms with Gasteiger partial charge in [0.2, 0.25) is 0 Å².